The zero-order valence-corrected chi connectivity index (χ0v) is 35.5. The van der Waals surface area contributed by atoms with E-state index in [4.69, 9.17) is 23.7 Å². The van der Waals surface area contributed by atoms with Gasteiger partial charge in [0.2, 0.25) is 0 Å². The molecular weight excluding hydrogens is 799 g/mol. The van der Waals surface area contributed by atoms with Crippen LogP contribution in [0.4, 0.5) is 0 Å². The molecule has 11 atom stereocenters. The lowest BCUT2D eigenvalue weighted by Crippen LogP contribution is -2.80. The standard InChI is InChI=1S/C48H53NO13/c1-26-33(60-44(56)38(53)37(30-17-11-8-12-18-30)49-42(54)31-19-13-9-14-20-31)24-48(57)41(61-43(55)32-21-15-10-16-22-32)40-46(7,27(2)39(59-28(3)50)36(26)45(48,5)6)34(52)23-35-47(40,25-58-35)62-29(4)51/h8-22,33-35,37-41,52-53,57H,2,23-25H2,1,3-7H3,(H,49,54)/t33-,34-,35+,37-,38+,39-,40?,41?,46+,47-,48+/m0/s1. The van der Waals surface area contributed by atoms with Gasteiger partial charge >= 0.3 is 23.9 Å². The summed E-state index contributed by atoms with van der Waals surface area (Å²) in [6.07, 6.45) is -9.14. The van der Waals surface area contributed by atoms with Crippen LogP contribution in [0.1, 0.15) is 86.7 Å². The first-order chi connectivity index (χ1) is 29.3. The molecule has 2 bridgehead atoms. The average molecular weight is 852 g/mol. The summed E-state index contributed by atoms with van der Waals surface area (Å²) in [6.45, 7) is 13.3. The summed E-state index contributed by atoms with van der Waals surface area (Å²) in [5.41, 5.74) is -5.47. The molecule has 7 rings (SSSR count). The first-order valence-corrected chi connectivity index (χ1v) is 20.6. The van der Waals surface area contributed by atoms with Gasteiger partial charge in [0, 0.05) is 43.1 Å². The van der Waals surface area contributed by atoms with Gasteiger partial charge in [0.25, 0.3) is 5.91 Å². The van der Waals surface area contributed by atoms with Crippen molar-refractivity contribution >= 4 is 29.8 Å². The number of benzene rings is 3. The number of hydrogen-bond donors (Lipinski definition) is 4. The van der Waals surface area contributed by atoms with Crippen LogP contribution < -0.4 is 5.32 Å². The molecule has 14 nitrogen and oxygen atoms in total. The summed E-state index contributed by atoms with van der Waals surface area (Å²) in [7, 11) is 0. The predicted octanol–water partition coefficient (Wildman–Crippen LogP) is 4.72. The Morgan fingerprint density at radius 2 is 1.42 bits per heavy atom. The van der Waals surface area contributed by atoms with Gasteiger partial charge in [0.1, 0.15) is 30.0 Å². The Morgan fingerprint density at radius 3 is 1.97 bits per heavy atom. The number of amides is 1. The molecule has 2 unspecified atom stereocenters. The maximum atomic E-state index is 14.4. The number of hydrogen-bond acceptors (Lipinski definition) is 13. The van der Waals surface area contributed by atoms with Crippen LogP contribution in [-0.2, 0) is 38.1 Å². The monoisotopic (exact) mass is 851 g/mol. The highest BCUT2D eigenvalue weighted by molar-refractivity contribution is 5.95. The van der Waals surface area contributed by atoms with Crippen LogP contribution in [-0.4, -0.2) is 99.5 Å². The zero-order valence-electron chi connectivity index (χ0n) is 35.5. The van der Waals surface area contributed by atoms with Gasteiger partial charge in [-0.3, -0.25) is 14.4 Å². The Hall–Kier alpha value is -5.67. The Morgan fingerprint density at radius 1 is 0.839 bits per heavy atom. The van der Waals surface area contributed by atoms with Gasteiger partial charge in [-0.05, 0) is 53.5 Å². The molecule has 0 radical (unpaired) electrons. The molecule has 3 aromatic rings. The van der Waals surface area contributed by atoms with Gasteiger partial charge in [0.15, 0.2) is 11.7 Å². The molecule has 0 aromatic heterocycles. The van der Waals surface area contributed by atoms with Crippen LogP contribution in [0.25, 0.3) is 0 Å². The van der Waals surface area contributed by atoms with E-state index >= 15 is 0 Å². The van der Waals surface area contributed by atoms with Gasteiger partial charge in [-0.15, -0.1) is 0 Å². The molecule has 1 heterocycles. The molecule has 14 heteroatoms. The molecule has 1 amide bonds. The van der Waals surface area contributed by atoms with Crippen molar-refractivity contribution < 1.29 is 63.0 Å². The number of aliphatic hydroxyl groups is 3. The second-order valence-corrected chi connectivity index (χ2v) is 17.5. The largest absolute Gasteiger partial charge is 0.456 e. The van der Waals surface area contributed by atoms with Crippen molar-refractivity contribution in [2.45, 2.75) is 108 Å². The quantitative estimate of drug-likeness (QED) is 0.124. The Balaban J connectivity index is 1.39. The molecule has 62 heavy (non-hydrogen) atoms. The first-order valence-electron chi connectivity index (χ1n) is 20.6. The van der Waals surface area contributed by atoms with Gasteiger partial charge in [-0.25, -0.2) is 9.59 Å². The lowest BCUT2D eigenvalue weighted by molar-refractivity contribution is -0.346. The summed E-state index contributed by atoms with van der Waals surface area (Å²) in [5, 5.41) is 40.5. The van der Waals surface area contributed by atoms with E-state index in [2.05, 4.69) is 11.9 Å². The van der Waals surface area contributed by atoms with Crippen LogP contribution in [0.15, 0.2) is 114 Å². The summed E-state index contributed by atoms with van der Waals surface area (Å²) in [4.78, 5) is 68.3. The molecule has 4 aliphatic rings. The number of nitrogens with one attached hydrogen (secondary N) is 1. The van der Waals surface area contributed by atoms with Gasteiger partial charge in [0.05, 0.1) is 30.2 Å². The third kappa shape index (κ3) is 7.32. The number of fused-ring (bicyclic) bond motifs is 5. The van der Waals surface area contributed by atoms with E-state index in [1.165, 1.54) is 26.0 Å². The maximum Gasteiger partial charge on any atom is 0.338 e. The molecule has 0 spiro atoms. The second-order valence-electron chi connectivity index (χ2n) is 17.5. The molecular formula is C48H53NO13. The maximum absolute atomic E-state index is 14.4. The number of aliphatic hydroxyl groups excluding tert-OH is 2. The van der Waals surface area contributed by atoms with E-state index < -0.39 is 107 Å². The van der Waals surface area contributed by atoms with Crippen molar-refractivity contribution in [3.8, 4) is 0 Å². The summed E-state index contributed by atoms with van der Waals surface area (Å²) in [6, 6.07) is 23.4. The molecule has 1 aliphatic heterocycles. The van der Waals surface area contributed by atoms with Crippen molar-refractivity contribution in [2.24, 2.45) is 16.7 Å². The van der Waals surface area contributed by atoms with Crippen molar-refractivity contribution in [3.05, 3.63) is 131 Å². The average Bonchev–Trinajstić information content (AvgIpc) is 3.24. The van der Waals surface area contributed by atoms with Gasteiger partial charge in [-0.2, -0.15) is 0 Å². The minimum Gasteiger partial charge on any atom is -0.456 e. The highest BCUT2D eigenvalue weighted by atomic mass is 16.6. The molecule has 3 aromatic carbocycles. The van der Waals surface area contributed by atoms with E-state index in [-0.39, 0.29) is 35.3 Å². The van der Waals surface area contributed by atoms with Crippen LogP contribution in [0.2, 0.25) is 0 Å². The predicted molar refractivity (Wildman–Crippen MR) is 222 cm³/mol. The minimum absolute atomic E-state index is 0.0488. The molecule has 328 valence electrons. The lowest BCUT2D eigenvalue weighted by atomic mass is 9.44. The number of esters is 4. The van der Waals surface area contributed by atoms with Crippen LogP contribution in [0.3, 0.4) is 0 Å². The van der Waals surface area contributed by atoms with Crippen molar-refractivity contribution in [1.29, 1.82) is 0 Å². The number of ether oxygens (including phenoxy) is 5. The highest BCUT2D eigenvalue weighted by Crippen LogP contribution is 2.66. The third-order valence-electron chi connectivity index (χ3n) is 13.7. The van der Waals surface area contributed by atoms with Crippen LogP contribution in [0.5, 0.6) is 0 Å². The fraction of sp³-hybridized carbons (Fsp3) is 0.438. The summed E-state index contributed by atoms with van der Waals surface area (Å²) >= 11 is 0. The smallest absolute Gasteiger partial charge is 0.338 e. The van der Waals surface area contributed by atoms with Gasteiger partial charge < -0.3 is 44.3 Å². The molecule has 1 saturated heterocycles. The van der Waals surface area contributed by atoms with Crippen molar-refractivity contribution in [3.63, 3.8) is 0 Å². The molecule has 4 N–H and O–H groups in total. The van der Waals surface area contributed by atoms with Crippen molar-refractivity contribution in [1.82, 2.24) is 5.32 Å². The molecule has 3 aliphatic carbocycles. The Bertz CT molecular complexity index is 2280. The summed E-state index contributed by atoms with van der Waals surface area (Å²) < 4.78 is 30.9. The molecule has 2 saturated carbocycles. The topological polar surface area (TPSA) is 204 Å². The van der Waals surface area contributed by atoms with Crippen LogP contribution in [0, 0.1) is 16.7 Å². The van der Waals surface area contributed by atoms with Crippen LogP contribution >= 0.6 is 0 Å². The first kappa shape index (κ1) is 44.4. The SMILES string of the molecule is C=C1[C@H](OC(C)=O)C2=C(C)[C@@H](OC(=O)[C@H](O)[C@@H](NC(=O)c3ccccc3)c3ccccc3)C[C@@](O)(C(OC(=O)c3ccccc3)C3[C@@]1(C)[C@@H](O)C[C@H]1OC[C@@]31OC(C)=O)C2(C)C. The minimum atomic E-state index is -2.28. The number of rotatable bonds is 10. The number of carbonyl (C=O) groups excluding carboxylic acids is 5. The fourth-order valence-electron chi connectivity index (χ4n) is 10.3. The summed E-state index contributed by atoms with van der Waals surface area (Å²) in [5.74, 6) is -5.32. The fourth-order valence-corrected chi connectivity index (χ4v) is 10.3. The van der Waals surface area contributed by atoms with E-state index in [0.29, 0.717) is 11.1 Å². The Labute approximate surface area is 359 Å². The van der Waals surface area contributed by atoms with E-state index in [1.54, 1.807) is 107 Å². The normalized spacial score (nSPS) is 31.9. The van der Waals surface area contributed by atoms with E-state index in [0.717, 1.165) is 0 Å². The third-order valence-corrected chi connectivity index (χ3v) is 13.7. The van der Waals surface area contributed by atoms with E-state index in [9.17, 15) is 39.3 Å². The molecule has 3 fully saturated rings. The van der Waals surface area contributed by atoms with Gasteiger partial charge in [-0.1, -0.05) is 94.1 Å². The Kier molecular flexibility index (Phi) is 11.9. The van der Waals surface area contributed by atoms with Crippen molar-refractivity contribution in [2.75, 3.05) is 6.61 Å². The zero-order chi connectivity index (χ0) is 44.9. The number of carbonyl (C=O) groups is 5. The van der Waals surface area contributed by atoms with E-state index in [1.807, 2.05) is 0 Å². The highest BCUT2D eigenvalue weighted by Gasteiger charge is 2.77. The second kappa shape index (κ2) is 16.6. The lowest BCUT2D eigenvalue weighted by Gasteiger charge is -2.68.